The fourth-order valence-electron chi connectivity index (χ4n) is 0.746. The number of ketones is 2. The van der Waals surface area contributed by atoms with Gasteiger partial charge < -0.3 is 9.90 Å². The molecule has 0 aliphatic heterocycles. The van der Waals surface area contributed by atoms with E-state index in [2.05, 4.69) is 0 Å². The summed E-state index contributed by atoms with van der Waals surface area (Å²) in [5.41, 5.74) is -2.22. The first kappa shape index (κ1) is 17.9. The van der Waals surface area contributed by atoms with Gasteiger partial charge in [-0.1, -0.05) is 20.8 Å². The molecule has 0 atom stereocenters. The van der Waals surface area contributed by atoms with E-state index in [0.717, 1.165) is 0 Å². The van der Waals surface area contributed by atoms with E-state index in [-0.39, 0.29) is 34.6 Å². The van der Waals surface area contributed by atoms with Crippen molar-refractivity contribution in [3.8, 4) is 0 Å². The van der Waals surface area contributed by atoms with E-state index in [0.29, 0.717) is 0 Å². The van der Waals surface area contributed by atoms with E-state index in [1.807, 2.05) is 0 Å². The first-order valence-electron chi connectivity index (χ1n) is 4.77. The largest absolute Gasteiger partial charge is 1.00 e. The molecule has 0 unspecified atom stereocenters. The number of hydrogen-bond donors (Lipinski definition) is 0. The second-order valence-electron chi connectivity index (χ2n) is 5.19. The summed E-state index contributed by atoms with van der Waals surface area (Å²) in [5.74, 6) is -2.32. The Morgan fingerprint density at radius 2 is 1.31 bits per heavy atom. The number of carbonyl (C=O) groups is 3. The maximum absolute atomic E-state index is 11.5. The summed E-state index contributed by atoms with van der Waals surface area (Å²) in [6, 6.07) is 0. The van der Waals surface area contributed by atoms with Crippen molar-refractivity contribution in [2.75, 3.05) is 0 Å². The van der Waals surface area contributed by atoms with Crippen LogP contribution in [0.3, 0.4) is 0 Å². The molecule has 16 heavy (non-hydrogen) atoms. The predicted molar refractivity (Wildman–Crippen MR) is 52.9 cm³/mol. The molecule has 0 N–H and O–H groups in total. The molecule has 4 nitrogen and oxygen atoms in total. The van der Waals surface area contributed by atoms with Gasteiger partial charge in [0.2, 0.25) is 0 Å². The zero-order valence-corrected chi connectivity index (χ0v) is 11.6. The molecule has 0 fully saturated rings. The molecule has 0 radical (unpaired) electrons. The molecule has 0 aromatic rings. The van der Waals surface area contributed by atoms with Gasteiger partial charge in [-0.2, -0.15) is 0 Å². The van der Waals surface area contributed by atoms with Crippen LogP contribution >= 0.6 is 0 Å². The number of carboxylic acids is 1. The Hall–Kier alpha value is -0.450. The Morgan fingerprint density at radius 1 is 0.938 bits per heavy atom. The Bertz CT molecular complexity index is 300. The van der Waals surface area contributed by atoms with Crippen LogP contribution in [0, 0.1) is 10.8 Å². The number of rotatable bonds is 4. The number of aliphatic carboxylic acids is 1. The van der Waals surface area contributed by atoms with Crippen molar-refractivity contribution in [3.63, 3.8) is 0 Å². The summed E-state index contributed by atoms with van der Waals surface area (Å²) >= 11 is 0. The molecule has 0 amide bonds. The molecular weight excluding hydrogens is 304 g/mol. The zero-order valence-electron chi connectivity index (χ0n) is 10.1. The van der Waals surface area contributed by atoms with Crippen molar-refractivity contribution in [2.24, 2.45) is 10.8 Å². The van der Waals surface area contributed by atoms with Gasteiger partial charge in [0.15, 0.2) is 5.78 Å². The molecule has 0 saturated heterocycles. The average Bonchev–Trinajstić information content (AvgIpc) is 2.01. The van der Waals surface area contributed by atoms with Crippen molar-refractivity contribution in [1.82, 2.24) is 0 Å². The molecular formula is C11H17AgO4. The van der Waals surface area contributed by atoms with E-state index in [1.54, 1.807) is 20.8 Å². The summed E-state index contributed by atoms with van der Waals surface area (Å²) in [6.07, 6.45) is -0.357. The van der Waals surface area contributed by atoms with Crippen LogP contribution in [0.25, 0.3) is 0 Å². The molecule has 0 aromatic carbocycles. The summed E-state index contributed by atoms with van der Waals surface area (Å²) in [7, 11) is 0. The standard InChI is InChI=1S/C11H18O4.Ag/c1-10(2,3)7(12)6-8(13)11(4,5)9(14)15;/h6H2,1-5H3,(H,14,15);/q;+1/p-1. The van der Waals surface area contributed by atoms with Crippen LogP contribution in [0.1, 0.15) is 41.0 Å². The molecule has 0 aliphatic carbocycles. The fraction of sp³-hybridized carbons (Fsp3) is 0.727. The minimum absolute atomic E-state index is 0. The quantitative estimate of drug-likeness (QED) is 0.553. The summed E-state index contributed by atoms with van der Waals surface area (Å²) in [5, 5.41) is 10.7. The third-order valence-electron chi connectivity index (χ3n) is 2.37. The number of Topliss-reactive ketones (excluding diaryl/α,β-unsaturated/α-hetero) is 2. The first-order chi connectivity index (χ1) is 6.49. The molecule has 5 heteroatoms. The van der Waals surface area contributed by atoms with Crippen LogP contribution in [-0.4, -0.2) is 17.5 Å². The summed E-state index contributed by atoms with van der Waals surface area (Å²) in [4.78, 5) is 33.7. The van der Waals surface area contributed by atoms with Gasteiger partial charge in [-0.25, -0.2) is 0 Å². The third kappa shape index (κ3) is 4.60. The van der Waals surface area contributed by atoms with Gasteiger partial charge in [0, 0.05) is 5.41 Å². The van der Waals surface area contributed by atoms with Gasteiger partial charge >= 0.3 is 22.4 Å². The maximum Gasteiger partial charge on any atom is 1.00 e. The van der Waals surface area contributed by atoms with Crippen LogP contribution in [0.5, 0.6) is 0 Å². The van der Waals surface area contributed by atoms with E-state index in [9.17, 15) is 19.5 Å². The second-order valence-corrected chi connectivity index (χ2v) is 5.19. The molecule has 96 valence electrons. The average molecular weight is 321 g/mol. The first-order valence-corrected chi connectivity index (χ1v) is 4.77. The van der Waals surface area contributed by atoms with Crippen LogP contribution in [0.15, 0.2) is 0 Å². The molecule has 0 aromatic heterocycles. The van der Waals surface area contributed by atoms with Gasteiger partial charge in [-0.3, -0.25) is 9.59 Å². The molecule has 0 spiro atoms. The van der Waals surface area contributed by atoms with Gasteiger partial charge in [0.05, 0.1) is 17.8 Å². The Labute approximate surface area is 111 Å². The van der Waals surface area contributed by atoms with Gasteiger partial charge in [0.25, 0.3) is 0 Å². The Kier molecular flexibility index (Phi) is 6.45. The Morgan fingerprint density at radius 3 is 1.56 bits per heavy atom. The molecule has 0 heterocycles. The SMILES string of the molecule is CC(C)(C)C(=O)CC(=O)C(C)(C)C(=O)[O-].[Ag+]. The van der Waals surface area contributed by atoms with Gasteiger partial charge in [0.1, 0.15) is 5.78 Å². The van der Waals surface area contributed by atoms with E-state index < -0.39 is 22.6 Å². The Balaban J connectivity index is 0. The van der Waals surface area contributed by atoms with Crippen LogP contribution in [0.4, 0.5) is 0 Å². The van der Waals surface area contributed by atoms with Crippen molar-refractivity contribution in [3.05, 3.63) is 0 Å². The van der Waals surface area contributed by atoms with Crippen molar-refractivity contribution in [2.45, 2.75) is 41.0 Å². The summed E-state index contributed by atoms with van der Waals surface area (Å²) in [6.45, 7) is 7.57. The topological polar surface area (TPSA) is 74.3 Å². The van der Waals surface area contributed by atoms with Crippen LogP contribution < -0.4 is 5.11 Å². The van der Waals surface area contributed by atoms with Crippen molar-refractivity contribution < 1.29 is 41.9 Å². The van der Waals surface area contributed by atoms with Gasteiger partial charge in [-0.15, -0.1) is 0 Å². The monoisotopic (exact) mass is 320 g/mol. The minimum atomic E-state index is -1.60. The van der Waals surface area contributed by atoms with Crippen molar-refractivity contribution >= 4 is 17.5 Å². The molecule has 0 bridgehead atoms. The number of carbonyl (C=O) groups excluding carboxylic acids is 3. The number of hydrogen-bond acceptors (Lipinski definition) is 4. The second kappa shape index (κ2) is 5.75. The smallest absolute Gasteiger partial charge is 0.549 e. The van der Waals surface area contributed by atoms with E-state index in [4.69, 9.17) is 0 Å². The van der Waals surface area contributed by atoms with E-state index in [1.165, 1.54) is 13.8 Å². The van der Waals surface area contributed by atoms with Crippen LogP contribution in [-0.2, 0) is 36.8 Å². The normalized spacial score (nSPS) is 11.6. The molecule has 0 saturated carbocycles. The maximum atomic E-state index is 11.5. The third-order valence-corrected chi connectivity index (χ3v) is 2.37. The predicted octanol–water partition coefficient (Wildman–Crippen LogP) is 0.334. The van der Waals surface area contributed by atoms with Crippen LogP contribution in [0.2, 0.25) is 0 Å². The fourth-order valence-corrected chi connectivity index (χ4v) is 0.746. The zero-order chi connectivity index (χ0) is 12.4. The number of carboxylic acid groups (broad SMARTS) is 1. The van der Waals surface area contributed by atoms with E-state index >= 15 is 0 Å². The molecule has 0 aliphatic rings. The van der Waals surface area contributed by atoms with Gasteiger partial charge in [-0.05, 0) is 13.8 Å². The minimum Gasteiger partial charge on any atom is -0.549 e. The summed E-state index contributed by atoms with van der Waals surface area (Å²) < 4.78 is 0. The molecule has 0 rings (SSSR count). The van der Waals surface area contributed by atoms with Crippen molar-refractivity contribution in [1.29, 1.82) is 0 Å².